The van der Waals surface area contributed by atoms with E-state index in [-0.39, 0.29) is 17.6 Å². The number of alkyl halides is 2. The molecule has 1 heterocycles. The number of carbonyl (C=O) groups is 1. The van der Waals surface area contributed by atoms with Crippen molar-refractivity contribution in [1.29, 1.82) is 0 Å². The van der Waals surface area contributed by atoms with Crippen LogP contribution in [0.3, 0.4) is 0 Å². The van der Waals surface area contributed by atoms with Crippen LogP contribution in [0.25, 0.3) is 11.4 Å². The Morgan fingerprint density at radius 3 is 2.36 bits per heavy atom. The van der Waals surface area contributed by atoms with Crippen molar-refractivity contribution in [2.45, 2.75) is 25.7 Å². The van der Waals surface area contributed by atoms with Crippen LogP contribution in [0.5, 0.6) is 5.75 Å². The monoisotopic (exact) mass is 387 g/mol. The van der Waals surface area contributed by atoms with Gasteiger partial charge in [-0.25, -0.2) is 0 Å². The van der Waals surface area contributed by atoms with Crippen molar-refractivity contribution in [3.63, 3.8) is 0 Å². The fourth-order valence-electron chi connectivity index (χ4n) is 2.78. The van der Waals surface area contributed by atoms with Gasteiger partial charge in [-0.1, -0.05) is 24.2 Å². The van der Waals surface area contributed by atoms with E-state index < -0.39 is 12.3 Å². The lowest BCUT2D eigenvalue weighted by molar-refractivity contribution is -0.117. The van der Waals surface area contributed by atoms with Crippen LogP contribution in [0.2, 0.25) is 0 Å². The zero-order chi connectivity index (χ0) is 20.1. The highest BCUT2D eigenvalue weighted by Gasteiger charge is 2.20. The van der Waals surface area contributed by atoms with Gasteiger partial charge in [0.15, 0.2) is 0 Å². The number of rotatable bonds is 7. The molecule has 0 saturated carbocycles. The number of hydrogen-bond donors (Lipinski definition) is 1. The second kappa shape index (κ2) is 8.60. The van der Waals surface area contributed by atoms with Crippen molar-refractivity contribution in [1.82, 2.24) is 10.1 Å². The van der Waals surface area contributed by atoms with E-state index in [1.54, 1.807) is 31.4 Å². The van der Waals surface area contributed by atoms with Gasteiger partial charge in [0.25, 0.3) is 5.89 Å². The molecule has 3 rings (SSSR count). The van der Waals surface area contributed by atoms with Crippen LogP contribution in [0.1, 0.15) is 37.1 Å². The number of halogens is 2. The van der Waals surface area contributed by atoms with E-state index in [9.17, 15) is 13.6 Å². The summed E-state index contributed by atoms with van der Waals surface area (Å²) < 4.78 is 34.7. The SMILES string of the molecule is CCC(C(=O)Nc1ccc(-c2noc(C(F)F)n2)cc1)c1ccc(OC)cc1. The Morgan fingerprint density at radius 1 is 1.14 bits per heavy atom. The minimum atomic E-state index is -2.82. The lowest BCUT2D eigenvalue weighted by Crippen LogP contribution is -2.20. The van der Waals surface area contributed by atoms with Gasteiger partial charge in [-0.3, -0.25) is 4.79 Å². The molecule has 2 aromatic carbocycles. The Morgan fingerprint density at radius 2 is 1.82 bits per heavy atom. The van der Waals surface area contributed by atoms with Gasteiger partial charge >= 0.3 is 6.43 Å². The molecule has 1 unspecified atom stereocenters. The van der Waals surface area contributed by atoms with Gasteiger partial charge in [0, 0.05) is 11.3 Å². The lowest BCUT2D eigenvalue weighted by Gasteiger charge is -2.16. The summed E-state index contributed by atoms with van der Waals surface area (Å²) in [6, 6.07) is 13.9. The number of anilines is 1. The first-order chi connectivity index (χ1) is 13.5. The molecule has 0 fully saturated rings. The van der Waals surface area contributed by atoms with Crippen LogP contribution in [0.15, 0.2) is 53.1 Å². The Kier molecular flexibility index (Phi) is 5.98. The molecule has 0 aliphatic rings. The first-order valence-electron chi connectivity index (χ1n) is 8.68. The van der Waals surface area contributed by atoms with Gasteiger partial charge in [0.05, 0.1) is 13.0 Å². The second-order valence-corrected chi connectivity index (χ2v) is 6.06. The Hall–Kier alpha value is -3.29. The molecule has 1 atom stereocenters. The fraction of sp³-hybridized carbons (Fsp3) is 0.250. The van der Waals surface area contributed by atoms with E-state index in [0.717, 1.165) is 11.3 Å². The molecule has 1 amide bonds. The predicted molar refractivity (Wildman–Crippen MR) is 99.3 cm³/mol. The van der Waals surface area contributed by atoms with Gasteiger partial charge in [-0.15, -0.1) is 0 Å². The van der Waals surface area contributed by atoms with E-state index in [0.29, 0.717) is 17.7 Å². The number of nitrogens with one attached hydrogen (secondary N) is 1. The number of methoxy groups -OCH3 is 1. The highest BCUT2D eigenvalue weighted by Crippen LogP contribution is 2.26. The summed E-state index contributed by atoms with van der Waals surface area (Å²) in [7, 11) is 1.59. The van der Waals surface area contributed by atoms with E-state index in [2.05, 4.69) is 20.0 Å². The average molecular weight is 387 g/mol. The molecule has 28 heavy (non-hydrogen) atoms. The normalized spacial score (nSPS) is 12.0. The average Bonchev–Trinajstić information content (AvgIpc) is 3.20. The van der Waals surface area contributed by atoms with Crippen molar-refractivity contribution < 1.29 is 22.8 Å². The molecule has 1 N–H and O–H groups in total. The predicted octanol–water partition coefficient (Wildman–Crippen LogP) is 4.82. The highest BCUT2D eigenvalue weighted by molar-refractivity contribution is 5.96. The minimum Gasteiger partial charge on any atom is -0.497 e. The first-order valence-corrected chi connectivity index (χ1v) is 8.68. The summed E-state index contributed by atoms with van der Waals surface area (Å²) >= 11 is 0. The standard InChI is InChI=1S/C20H19F2N3O3/c1-3-16(12-6-10-15(27-2)11-7-12)19(26)23-14-8-4-13(5-9-14)18-24-20(17(21)22)28-25-18/h4-11,16-17H,3H2,1-2H3,(H,23,26). The lowest BCUT2D eigenvalue weighted by atomic mass is 9.95. The molecule has 0 aliphatic heterocycles. The molecule has 6 nitrogen and oxygen atoms in total. The van der Waals surface area contributed by atoms with Crippen LogP contribution in [-0.2, 0) is 4.79 Å². The van der Waals surface area contributed by atoms with Crippen LogP contribution >= 0.6 is 0 Å². The number of hydrogen-bond acceptors (Lipinski definition) is 5. The maximum atomic E-state index is 12.7. The number of amides is 1. The van der Waals surface area contributed by atoms with Crippen molar-refractivity contribution in [2.24, 2.45) is 0 Å². The molecule has 3 aromatic rings. The maximum absolute atomic E-state index is 12.7. The molecule has 0 saturated heterocycles. The molecule has 8 heteroatoms. The first kappa shape index (κ1) is 19.5. The molecule has 0 aliphatic carbocycles. The van der Waals surface area contributed by atoms with Gasteiger partial charge in [-0.05, 0) is 48.4 Å². The highest BCUT2D eigenvalue weighted by atomic mass is 19.3. The third-order valence-electron chi connectivity index (χ3n) is 4.28. The van der Waals surface area contributed by atoms with Crippen molar-refractivity contribution in [3.8, 4) is 17.1 Å². The Labute approximate surface area is 160 Å². The molecule has 1 aromatic heterocycles. The molecular weight excluding hydrogens is 368 g/mol. The maximum Gasteiger partial charge on any atom is 0.315 e. The minimum absolute atomic E-state index is 0.0674. The van der Waals surface area contributed by atoms with Gasteiger partial charge in [0.1, 0.15) is 5.75 Å². The van der Waals surface area contributed by atoms with Crippen LogP contribution in [0, 0.1) is 0 Å². The molecule has 146 valence electrons. The van der Waals surface area contributed by atoms with Crippen molar-refractivity contribution >= 4 is 11.6 Å². The zero-order valence-corrected chi connectivity index (χ0v) is 15.4. The van der Waals surface area contributed by atoms with E-state index >= 15 is 0 Å². The van der Waals surface area contributed by atoms with Crippen molar-refractivity contribution in [2.75, 3.05) is 12.4 Å². The van der Waals surface area contributed by atoms with E-state index in [1.165, 1.54) is 0 Å². The van der Waals surface area contributed by atoms with Crippen molar-refractivity contribution in [3.05, 3.63) is 60.0 Å². The Balaban J connectivity index is 1.70. The molecular formula is C20H19F2N3O3. The molecule has 0 spiro atoms. The van der Waals surface area contributed by atoms with Crippen LogP contribution < -0.4 is 10.1 Å². The number of carbonyl (C=O) groups excluding carboxylic acids is 1. The fourth-order valence-corrected chi connectivity index (χ4v) is 2.78. The second-order valence-electron chi connectivity index (χ2n) is 6.06. The topological polar surface area (TPSA) is 77.3 Å². The summed E-state index contributed by atoms with van der Waals surface area (Å²) in [5, 5.41) is 6.40. The summed E-state index contributed by atoms with van der Waals surface area (Å²) in [5.41, 5.74) is 1.98. The number of ether oxygens (including phenoxy) is 1. The van der Waals surface area contributed by atoms with Gasteiger partial charge in [0.2, 0.25) is 11.7 Å². The third kappa shape index (κ3) is 4.33. The zero-order valence-electron chi connectivity index (χ0n) is 15.4. The van der Waals surface area contributed by atoms with Crippen LogP contribution in [0.4, 0.5) is 14.5 Å². The molecule has 0 bridgehead atoms. The number of aromatic nitrogens is 2. The largest absolute Gasteiger partial charge is 0.497 e. The van der Waals surface area contributed by atoms with E-state index in [4.69, 9.17) is 4.74 Å². The number of nitrogens with zero attached hydrogens (tertiary/aromatic N) is 2. The summed E-state index contributed by atoms with van der Waals surface area (Å²) in [6.45, 7) is 1.94. The summed E-state index contributed by atoms with van der Waals surface area (Å²) in [5.74, 6) is -0.377. The van der Waals surface area contributed by atoms with Crippen LogP contribution in [-0.4, -0.2) is 23.2 Å². The summed E-state index contributed by atoms with van der Waals surface area (Å²) in [4.78, 5) is 16.3. The molecule has 0 radical (unpaired) electrons. The summed E-state index contributed by atoms with van der Waals surface area (Å²) in [6.07, 6.45) is -2.18. The smallest absolute Gasteiger partial charge is 0.315 e. The van der Waals surface area contributed by atoms with Gasteiger partial charge < -0.3 is 14.6 Å². The van der Waals surface area contributed by atoms with E-state index in [1.807, 2.05) is 31.2 Å². The quantitative estimate of drug-likeness (QED) is 0.629. The third-order valence-corrected chi connectivity index (χ3v) is 4.28. The number of benzene rings is 2. The van der Waals surface area contributed by atoms with Gasteiger partial charge in [-0.2, -0.15) is 13.8 Å². The Bertz CT molecular complexity index is 925.